The first-order valence-electron chi connectivity index (χ1n) is 7.71. The molecule has 0 spiro atoms. The van der Waals surface area contributed by atoms with Crippen molar-refractivity contribution in [2.75, 3.05) is 5.32 Å². The Kier molecular flexibility index (Phi) is 4.70. The molecule has 0 bridgehead atoms. The lowest BCUT2D eigenvalue weighted by molar-refractivity contribution is 0.102. The normalized spacial score (nSPS) is 10.5. The molecule has 0 atom stereocenters. The lowest BCUT2D eigenvalue weighted by atomic mass is 10.2. The number of anilines is 1. The van der Waals surface area contributed by atoms with Crippen molar-refractivity contribution in [3.05, 3.63) is 93.8 Å². The van der Waals surface area contributed by atoms with Gasteiger partial charge in [0.15, 0.2) is 0 Å². The number of halogens is 1. The van der Waals surface area contributed by atoms with Gasteiger partial charge in [0, 0.05) is 12.4 Å². The smallest absolute Gasteiger partial charge is 0.263 e. The van der Waals surface area contributed by atoms with Gasteiger partial charge in [0.25, 0.3) is 11.5 Å². The van der Waals surface area contributed by atoms with E-state index >= 15 is 0 Å². The lowest BCUT2D eigenvalue weighted by Gasteiger charge is -2.09. The average Bonchev–Trinajstić information content (AvgIpc) is 2.57. The molecule has 3 aromatic rings. The molecule has 0 radical (unpaired) electrons. The zero-order chi connectivity index (χ0) is 17.8. The highest BCUT2D eigenvalue weighted by molar-refractivity contribution is 6.03. The van der Waals surface area contributed by atoms with Crippen LogP contribution in [0, 0.1) is 12.7 Å². The number of aryl methyl sites for hydroxylation is 1. The molecule has 0 fully saturated rings. The van der Waals surface area contributed by atoms with Crippen molar-refractivity contribution in [2.24, 2.45) is 0 Å². The molecule has 0 aliphatic carbocycles. The molecule has 3 rings (SSSR count). The van der Waals surface area contributed by atoms with Crippen molar-refractivity contribution < 1.29 is 9.18 Å². The lowest BCUT2D eigenvalue weighted by Crippen LogP contribution is -2.29. The summed E-state index contributed by atoms with van der Waals surface area (Å²) in [6.07, 6.45) is 3.15. The molecule has 2 heterocycles. The van der Waals surface area contributed by atoms with Crippen LogP contribution < -0.4 is 10.9 Å². The van der Waals surface area contributed by atoms with Crippen LogP contribution in [0.25, 0.3) is 0 Å². The van der Waals surface area contributed by atoms with Gasteiger partial charge < -0.3 is 9.88 Å². The summed E-state index contributed by atoms with van der Waals surface area (Å²) in [4.78, 5) is 29.0. The number of benzene rings is 1. The van der Waals surface area contributed by atoms with Crippen molar-refractivity contribution in [3.63, 3.8) is 0 Å². The molecule has 0 saturated carbocycles. The highest BCUT2D eigenvalue weighted by Gasteiger charge is 2.13. The fraction of sp³-hybridized carbons (Fsp3) is 0.105. The molecule has 6 heteroatoms. The van der Waals surface area contributed by atoms with Crippen LogP contribution >= 0.6 is 0 Å². The number of nitrogens with one attached hydrogen (secondary N) is 1. The highest BCUT2D eigenvalue weighted by atomic mass is 19.1. The van der Waals surface area contributed by atoms with Crippen molar-refractivity contribution in [2.45, 2.75) is 13.5 Å². The van der Waals surface area contributed by atoms with Crippen LogP contribution in [-0.2, 0) is 6.54 Å². The summed E-state index contributed by atoms with van der Waals surface area (Å²) in [6, 6.07) is 12.6. The standard InChI is InChI=1S/C19H16FN3O2/c1-13-7-8-21-17(10-13)22-18(24)16-6-3-9-23(19(16)25)12-14-4-2-5-15(20)11-14/h2-11H,12H2,1H3,(H,21,22,24). The molecular weight excluding hydrogens is 321 g/mol. The molecule has 5 nitrogen and oxygen atoms in total. The number of aromatic nitrogens is 2. The Morgan fingerprint density at radius 2 is 2.04 bits per heavy atom. The maximum Gasteiger partial charge on any atom is 0.263 e. The van der Waals surface area contributed by atoms with Gasteiger partial charge in [-0.3, -0.25) is 9.59 Å². The number of pyridine rings is 2. The zero-order valence-electron chi connectivity index (χ0n) is 13.6. The Bertz CT molecular complexity index is 982. The van der Waals surface area contributed by atoms with Crippen molar-refractivity contribution in [1.29, 1.82) is 0 Å². The van der Waals surface area contributed by atoms with Crippen LogP contribution in [0.1, 0.15) is 21.5 Å². The van der Waals surface area contributed by atoms with Gasteiger partial charge in [0.1, 0.15) is 17.2 Å². The van der Waals surface area contributed by atoms with Gasteiger partial charge in [-0.05, 0) is 54.4 Å². The molecule has 1 aromatic carbocycles. The number of hydrogen-bond donors (Lipinski definition) is 1. The molecule has 1 amide bonds. The van der Waals surface area contributed by atoms with Crippen molar-refractivity contribution >= 4 is 11.7 Å². The van der Waals surface area contributed by atoms with E-state index in [9.17, 15) is 14.0 Å². The van der Waals surface area contributed by atoms with E-state index in [-0.39, 0.29) is 17.9 Å². The van der Waals surface area contributed by atoms with E-state index < -0.39 is 11.5 Å². The van der Waals surface area contributed by atoms with E-state index in [0.29, 0.717) is 11.4 Å². The molecule has 0 saturated heterocycles. The Hall–Kier alpha value is -3.28. The van der Waals surface area contributed by atoms with Gasteiger partial charge in [-0.1, -0.05) is 12.1 Å². The van der Waals surface area contributed by atoms with E-state index in [4.69, 9.17) is 0 Å². The summed E-state index contributed by atoms with van der Waals surface area (Å²) in [7, 11) is 0. The number of amides is 1. The Morgan fingerprint density at radius 1 is 1.20 bits per heavy atom. The SMILES string of the molecule is Cc1ccnc(NC(=O)c2cccn(Cc3cccc(F)c3)c2=O)c1. The first kappa shape index (κ1) is 16.6. The Balaban J connectivity index is 1.85. The van der Waals surface area contributed by atoms with Crippen LogP contribution in [0.2, 0.25) is 0 Å². The quantitative estimate of drug-likeness (QED) is 0.796. The van der Waals surface area contributed by atoms with Crippen molar-refractivity contribution in [1.82, 2.24) is 9.55 Å². The second-order valence-electron chi connectivity index (χ2n) is 5.66. The molecule has 2 aromatic heterocycles. The predicted molar refractivity (Wildman–Crippen MR) is 93.1 cm³/mol. The number of carbonyl (C=O) groups is 1. The molecule has 126 valence electrons. The third kappa shape index (κ3) is 3.98. The van der Waals surface area contributed by atoms with Crippen molar-refractivity contribution in [3.8, 4) is 0 Å². The maximum atomic E-state index is 13.3. The van der Waals surface area contributed by atoms with E-state index in [1.165, 1.54) is 22.8 Å². The molecule has 0 aliphatic rings. The van der Waals surface area contributed by atoms with Gasteiger partial charge in [0.05, 0.1) is 6.54 Å². The van der Waals surface area contributed by atoms with Gasteiger partial charge >= 0.3 is 0 Å². The minimum atomic E-state index is -0.531. The minimum Gasteiger partial charge on any atom is -0.310 e. The summed E-state index contributed by atoms with van der Waals surface area (Å²) in [5, 5.41) is 2.62. The third-order valence-corrected chi connectivity index (χ3v) is 3.66. The predicted octanol–water partition coefficient (Wildman–Crippen LogP) is 2.99. The largest absolute Gasteiger partial charge is 0.310 e. The van der Waals surface area contributed by atoms with Crippen LogP contribution in [0.4, 0.5) is 10.2 Å². The summed E-state index contributed by atoms with van der Waals surface area (Å²) < 4.78 is 14.7. The fourth-order valence-corrected chi connectivity index (χ4v) is 2.45. The maximum absolute atomic E-state index is 13.3. The van der Waals surface area contributed by atoms with E-state index in [1.807, 2.05) is 13.0 Å². The zero-order valence-corrected chi connectivity index (χ0v) is 13.6. The number of carbonyl (C=O) groups excluding carboxylic acids is 1. The number of rotatable bonds is 4. The first-order valence-corrected chi connectivity index (χ1v) is 7.71. The van der Waals surface area contributed by atoms with Gasteiger partial charge in [0.2, 0.25) is 0 Å². The van der Waals surface area contributed by atoms with E-state index in [1.54, 1.807) is 36.7 Å². The van der Waals surface area contributed by atoms with E-state index in [2.05, 4.69) is 10.3 Å². The van der Waals surface area contributed by atoms with Crippen LogP contribution in [0.3, 0.4) is 0 Å². The minimum absolute atomic E-state index is 0.00205. The first-order chi connectivity index (χ1) is 12.0. The van der Waals surface area contributed by atoms with Crippen LogP contribution in [-0.4, -0.2) is 15.5 Å². The number of nitrogens with zero attached hydrogens (tertiary/aromatic N) is 2. The van der Waals surface area contributed by atoms with Gasteiger partial charge in [-0.15, -0.1) is 0 Å². The van der Waals surface area contributed by atoms with Crippen LogP contribution in [0.5, 0.6) is 0 Å². The molecular formula is C19H16FN3O2. The summed E-state index contributed by atoms with van der Waals surface area (Å²) in [6.45, 7) is 2.06. The Labute approximate surface area is 143 Å². The summed E-state index contributed by atoms with van der Waals surface area (Å²) >= 11 is 0. The topological polar surface area (TPSA) is 64.0 Å². The monoisotopic (exact) mass is 337 g/mol. The number of hydrogen-bond acceptors (Lipinski definition) is 3. The van der Waals surface area contributed by atoms with Crippen LogP contribution in [0.15, 0.2) is 65.7 Å². The Morgan fingerprint density at radius 3 is 2.80 bits per heavy atom. The summed E-state index contributed by atoms with van der Waals surface area (Å²) in [5.41, 5.74) is 1.14. The molecule has 0 unspecified atom stereocenters. The fourth-order valence-electron chi connectivity index (χ4n) is 2.45. The third-order valence-electron chi connectivity index (χ3n) is 3.66. The van der Waals surface area contributed by atoms with Gasteiger partial charge in [-0.2, -0.15) is 0 Å². The summed E-state index contributed by atoms with van der Waals surface area (Å²) in [5.74, 6) is -0.522. The molecule has 0 aliphatic heterocycles. The highest BCUT2D eigenvalue weighted by Crippen LogP contribution is 2.08. The molecule has 1 N–H and O–H groups in total. The van der Waals surface area contributed by atoms with E-state index in [0.717, 1.165) is 5.56 Å². The molecule has 25 heavy (non-hydrogen) atoms. The second kappa shape index (κ2) is 7.09. The average molecular weight is 337 g/mol. The van der Waals surface area contributed by atoms with Gasteiger partial charge in [-0.25, -0.2) is 9.37 Å². The second-order valence-corrected chi connectivity index (χ2v) is 5.66.